The SMILES string of the molecule is NC(=O)CCC(NCc1ccc(O)cc1)C(=O)O. The fraction of sp³-hybridized carbons (Fsp3) is 0.333. The molecule has 0 aromatic heterocycles. The third-order valence-electron chi connectivity index (χ3n) is 2.47. The normalized spacial score (nSPS) is 12.0. The smallest absolute Gasteiger partial charge is 0.320 e. The number of hydrogen-bond donors (Lipinski definition) is 4. The minimum absolute atomic E-state index is 0.0273. The zero-order valence-electron chi connectivity index (χ0n) is 9.80. The van der Waals surface area contributed by atoms with Gasteiger partial charge in [-0.05, 0) is 24.1 Å². The molecule has 0 fully saturated rings. The lowest BCUT2D eigenvalue weighted by atomic mass is 10.1. The number of phenols is 1. The molecular formula is C12H16N2O4. The maximum Gasteiger partial charge on any atom is 0.320 e. The first-order chi connectivity index (χ1) is 8.49. The van der Waals surface area contributed by atoms with Crippen molar-refractivity contribution in [2.75, 3.05) is 0 Å². The highest BCUT2D eigenvalue weighted by Gasteiger charge is 2.17. The van der Waals surface area contributed by atoms with Gasteiger partial charge in [-0.15, -0.1) is 0 Å². The molecule has 18 heavy (non-hydrogen) atoms. The third kappa shape index (κ3) is 4.84. The molecule has 0 spiro atoms. The van der Waals surface area contributed by atoms with Crippen LogP contribution in [-0.4, -0.2) is 28.1 Å². The summed E-state index contributed by atoms with van der Waals surface area (Å²) in [5.74, 6) is -1.38. The highest BCUT2D eigenvalue weighted by Crippen LogP contribution is 2.09. The minimum Gasteiger partial charge on any atom is -0.508 e. The Balaban J connectivity index is 2.49. The molecule has 0 saturated carbocycles. The van der Waals surface area contributed by atoms with Gasteiger partial charge in [-0.3, -0.25) is 9.59 Å². The molecule has 1 amide bonds. The van der Waals surface area contributed by atoms with Crippen LogP contribution in [0.15, 0.2) is 24.3 Å². The van der Waals surface area contributed by atoms with Crippen LogP contribution in [0.25, 0.3) is 0 Å². The van der Waals surface area contributed by atoms with Crippen LogP contribution >= 0.6 is 0 Å². The van der Waals surface area contributed by atoms with E-state index in [1.165, 1.54) is 12.1 Å². The number of hydrogen-bond acceptors (Lipinski definition) is 4. The number of carbonyl (C=O) groups is 2. The molecule has 0 heterocycles. The Kier molecular flexibility index (Phi) is 5.13. The Morgan fingerprint density at radius 3 is 2.39 bits per heavy atom. The predicted molar refractivity (Wildman–Crippen MR) is 64.8 cm³/mol. The summed E-state index contributed by atoms with van der Waals surface area (Å²) in [6, 6.07) is 5.61. The summed E-state index contributed by atoms with van der Waals surface area (Å²) in [6.45, 7) is 0.343. The van der Waals surface area contributed by atoms with Gasteiger partial charge in [0.2, 0.25) is 5.91 Å². The number of aliphatic carboxylic acids is 1. The van der Waals surface area contributed by atoms with E-state index in [1.54, 1.807) is 12.1 Å². The molecule has 0 bridgehead atoms. The zero-order chi connectivity index (χ0) is 13.5. The summed E-state index contributed by atoms with van der Waals surface area (Å²) < 4.78 is 0. The number of nitrogens with two attached hydrogens (primary N) is 1. The minimum atomic E-state index is -1.02. The van der Waals surface area contributed by atoms with Crippen molar-refractivity contribution < 1.29 is 19.8 Å². The number of amides is 1. The predicted octanol–water partition coefficient (Wildman–Crippen LogP) is 0.200. The van der Waals surface area contributed by atoms with Gasteiger partial charge in [0, 0.05) is 13.0 Å². The second kappa shape index (κ2) is 6.61. The summed E-state index contributed by atoms with van der Waals surface area (Å²) in [5, 5.41) is 20.9. The van der Waals surface area contributed by atoms with E-state index >= 15 is 0 Å². The molecule has 6 heteroatoms. The van der Waals surface area contributed by atoms with Crippen LogP contribution in [0.2, 0.25) is 0 Å². The number of nitrogens with one attached hydrogen (secondary N) is 1. The van der Waals surface area contributed by atoms with E-state index in [0.717, 1.165) is 5.56 Å². The van der Waals surface area contributed by atoms with Crippen LogP contribution in [-0.2, 0) is 16.1 Å². The van der Waals surface area contributed by atoms with Crippen LogP contribution in [0.3, 0.4) is 0 Å². The number of primary amides is 1. The largest absolute Gasteiger partial charge is 0.508 e. The van der Waals surface area contributed by atoms with Gasteiger partial charge in [-0.25, -0.2) is 0 Å². The molecule has 98 valence electrons. The van der Waals surface area contributed by atoms with Crippen molar-refractivity contribution in [2.24, 2.45) is 5.73 Å². The quantitative estimate of drug-likeness (QED) is 0.553. The van der Waals surface area contributed by atoms with Crippen molar-refractivity contribution in [3.05, 3.63) is 29.8 Å². The van der Waals surface area contributed by atoms with Crippen LogP contribution in [0.5, 0.6) is 5.75 Å². The zero-order valence-corrected chi connectivity index (χ0v) is 9.80. The first-order valence-corrected chi connectivity index (χ1v) is 5.51. The summed E-state index contributed by atoms with van der Waals surface area (Å²) >= 11 is 0. The maximum atomic E-state index is 10.9. The molecule has 1 aromatic rings. The van der Waals surface area contributed by atoms with Gasteiger partial charge < -0.3 is 21.3 Å². The Labute approximate surface area is 104 Å². The fourth-order valence-corrected chi connectivity index (χ4v) is 1.45. The summed E-state index contributed by atoms with van der Waals surface area (Å²) in [5.41, 5.74) is 5.82. The molecule has 0 radical (unpaired) electrons. The maximum absolute atomic E-state index is 10.9. The number of rotatable bonds is 7. The molecule has 0 aliphatic rings. The second-order valence-corrected chi connectivity index (χ2v) is 3.94. The Bertz CT molecular complexity index is 417. The summed E-state index contributed by atoms with van der Waals surface area (Å²) in [4.78, 5) is 21.5. The summed E-state index contributed by atoms with van der Waals surface area (Å²) in [7, 11) is 0. The summed E-state index contributed by atoms with van der Waals surface area (Å²) in [6.07, 6.45) is 0.183. The van der Waals surface area contributed by atoms with Gasteiger partial charge in [-0.2, -0.15) is 0 Å². The van der Waals surface area contributed by atoms with E-state index in [2.05, 4.69) is 5.32 Å². The van der Waals surface area contributed by atoms with E-state index < -0.39 is 17.9 Å². The lowest BCUT2D eigenvalue weighted by Gasteiger charge is -2.13. The average molecular weight is 252 g/mol. The standard InChI is InChI=1S/C12H16N2O4/c13-11(16)6-5-10(12(17)18)14-7-8-1-3-9(15)4-2-8/h1-4,10,14-15H,5-7H2,(H2,13,16)(H,17,18). The van der Waals surface area contributed by atoms with Gasteiger partial charge in [0.1, 0.15) is 11.8 Å². The van der Waals surface area contributed by atoms with Crippen molar-refractivity contribution in [2.45, 2.75) is 25.4 Å². The van der Waals surface area contributed by atoms with E-state index in [4.69, 9.17) is 15.9 Å². The van der Waals surface area contributed by atoms with Crippen molar-refractivity contribution in [3.63, 3.8) is 0 Å². The number of benzene rings is 1. The molecule has 1 aromatic carbocycles. The first-order valence-electron chi connectivity index (χ1n) is 5.51. The molecule has 0 aliphatic heterocycles. The second-order valence-electron chi connectivity index (χ2n) is 3.94. The highest BCUT2D eigenvalue weighted by atomic mass is 16.4. The van der Waals surface area contributed by atoms with Gasteiger partial charge in [0.05, 0.1) is 0 Å². The van der Waals surface area contributed by atoms with Crippen LogP contribution < -0.4 is 11.1 Å². The lowest BCUT2D eigenvalue weighted by molar-refractivity contribution is -0.139. The van der Waals surface area contributed by atoms with Crippen LogP contribution in [0.4, 0.5) is 0 Å². The number of phenolic OH excluding ortho intramolecular Hbond substituents is 1. The van der Waals surface area contributed by atoms with Crippen molar-refractivity contribution in [1.82, 2.24) is 5.32 Å². The van der Waals surface area contributed by atoms with Crippen molar-refractivity contribution >= 4 is 11.9 Å². The molecule has 1 rings (SSSR count). The molecule has 1 atom stereocenters. The van der Waals surface area contributed by atoms with Crippen LogP contribution in [0.1, 0.15) is 18.4 Å². The fourth-order valence-electron chi connectivity index (χ4n) is 1.45. The van der Waals surface area contributed by atoms with Crippen molar-refractivity contribution in [3.8, 4) is 5.75 Å². The Morgan fingerprint density at radius 1 is 1.28 bits per heavy atom. The first kappa shape index (κ1) is 14.0. The number of carboxylic acids is 1. The van der Waals surface area contributed by atoms with Gasteiger partial charge in [0.25, 0.3) is 0 Å². The number of carbonyl (C=O) groups excluding carboxylic acids is 1. The van der Waals surface area contributed by atoms with Crippen molar-refractivity contribution in [1.29, 1.82) is 0 Å². The van der Waals surface area contributed by atoms with E-state index in [9.17, 15) is 9.59 Å². The molecular weight excluding hydrogens is 236 g/mol. The van der Waals surface area contributed by atoms with Crippen LogP contribution in [0, 0.1) is 0 Å². The molecule has 0 aliphatic carbocycles. The Morgan fingerprint density at radius 2 is 1.89 bits per heavy atom. The molecule has 0 saturated heterocycles. The molecule has 6 nitrogen and oxygen atoms in total. The van der Waals surface area contributed by atoms with E-state index in [1.807, 2.05) is 0 Å². The molecule has 1 unspecified atom stereocenters. The average Bonchev–Trinajstić information content (AvgIpc) is 2.30. The number of carboxylic acid groups (broad SMARTS) is 1. The van der Waals surface area contributed by atoms with Gasteiger partial charge in [-0.1, -0.05) is 12.1 Å². The van der Waals surface area contributed by atoms with E-state index in [0.29, 0.717) is 6.54 Å². The lowest BCUT2D eigenvalue weighted by Crippen LogP contribution is -2.37. The third-order valence-corrected chi connectivity index (χ3v) is 2.47. The topological polar surface area (TPSA) is 113 Å². The number of aromatic hydroxyl groups is 1. The Hall–Kier alpha value is -2.08. The monoisotopic (exact) mass is 252 g/mol. The molecule has 5 N–H and O–H groups in total. The highest BCUT2D eigenvalue weighted by molar-refractivity contribution is 5.77. The van der Waals surface area contributed by atoms with Gasteiger partial charge >= 0.3 is 5.97 Å². The van der Waals surface area contributed by atoms with E-state index in [-0.39, 0.29) is 18.6 Å². The van der Waals surface area contributed by atoms with Gasteiger partial charge in [0.15, 0.2) is 0 Å².